The number of nitrogens with one attached hydrogen (secondary N) is 1. The van der Waals surface area contributed by atoms with Crippen molar-refractivity contribution in [3.63, 3.8) is 0 Å². The molecule has 0 spiro atoms. The Morgan fingerprint density at radius 2 is 1.51 bits per heavy atom. The van der Waals surface area contributed by atoms with Crippen molar-refractivity contribution in [1.29, 1.82) is 0 Å². The highest BCUT2D eigenvalue weighted by Gasteiger charge is 2.44. The zero-order valence-corrected chi connectivity index (χ0v) is 19.5. The molecule has 2 atom stereocenters. The van der Waals surface area contributed by atoms with Crippen molar-refractivity contribution >= 4 is 23.0 Å². The van der Waals surface area contributed by atoms with Gasteiger partial charge in [-0.15, -0.1) is 0 Å². The molecule has 0 unspecified atom stereocenters. The van der Waals surface area contributed by atoms with Crippen molar-refractivity contribution in [2.75, 3.05) is 13.1 Å². The lowest BCUT2D eigenvalue weighted by Crippen LogP contribution is -2.54. The van der Waals surface area contributed by atoms with Gasteiger partial charge in [-0.05, 0) is 41.8 Å². The Kier molecular flexibility index (Phi) is 7.72. The van der Waals surface area contributed by atoms with Crippen molar-refractivity contribution in [2.45, 2.75) is 31.3 Å². The van der Waals surface area contributed by atoms with Crippen molar-refractivity contribution in [3.05, 3.63) is 115 Å². The highest BCUT2D eigenvalue weighted by molar-refractivity contribution is 6.30. The highest BCUT2D eigenvalue weighted by Crippen LogP contribution is 2.39. The molecule has 0 aliphatic carbocycles. The minimum atomic E-state index is -0.860. The molecule has 1 saturated heterocycles. The molecule has 0 saturated carbocycles. The molecule has 1 N–H and O–H groups in total. The van der Waals surface area contributed by atoms with Crippen LogP contribution in [0.5, 0.6) is 0 Å². The van der Waals surface area contributed by atoms with Crippen LogP contribution in [0, 0.1) is 20.2 Å². The standard InChI is InChI=1S/C25H24ClN3O6/c26-21-9-7-20(8-10-21)25(35-17-19-4-2-6-23(14-19)29(32)33)11-12-27-15-24(25)34-16-18-3-1-5-22(13-18)28(30)31/h1-10,13-14,24,27H,11-12,15-17H2/t24-,25-/m0/s1. The predicted octanol–water partition coefficient (Wildman–Crippen LogP) is 5.15. The lowest BCUT2D eigenvalue weighted by Gasteiger charge is -2.44. The third kappa shape index (κ3) is 5.83. The second kappa shape index (κ2) is 10.9. The molecule has 3 aromatic carbocycles. The van der Waals surface area contributed by atoms with E-state index in [2.05, 4.69) is 5.32 Å². The summed E-state index contributed by atoms with van der Waals surface area (Å²) in [6, 6.07) is 20.0. The molecule has 0 aromatic heterocycles. The van der Waals surface area contributed by atoms with Gasteiger partial charge in [0, 0.05) is 35.8 Å². The van der Waals surface area contributed by atoms with Crippen LogP contribution in [-0.2, 0) is 28.3 Å². The molecule has 182 valence electrons. The molecule has 1 aliphatic rings. The fourth-order valence-electron chi connectivity index (χ4n) is 4.27. The average Bonchev–Trinajstić information content (AvgIpc) is 2.87. The summed E-state index contributed by atoms with van der Waals surface area (Å²) in [5.74, 6) is 0. The number of hydrogen-bond acceptors (Lipinski definition) is 7. The Balaban J connectivity index is 1.62. The van der Waals surface area contributed by atoms with Crippen LogP contribution in [-0.4, -0.2) is 29.0 Å². The molecule has 4 rings (SSSR count). The van der Waals surface area contributed by atoms with Gasteiger partial charge in [0.2, 0.25) is 0 Å². The summed E-state index contributed by atoms with van der Waals surface area (Å²) in [5.41, 5.74) is 1.35. The number of benzene rings is 3. The lowest BCUT2D eigenvalue weighted by atomic mass is 9.82. The van der Waals surface area contributed by atoms with Crippen LogP contribution in [0.15, 0.2) is 72.8 Å². The molecular formula is C25H24ClN3O6. The molecule has 3 aromatic rings. The van der Waals surface area contributed by atoms with Gasteiger partial charge in [0.1, 0.15) is 11.7 Å². The molecule has 10 heteroatoms. The van der Waals surface area contributed by atoms with Gasteiger partial charge in [-0.1, -0.05) is 48.0 Å². The van der Waals surface area contributed by atoms with E-state index in [0.717, 1.165) is 5.56 Å². The first-order valence-electron chi connectivity index (χ1n) is 11.1. The van der Waals surface area contributed by atoms with E-state index in [0.29, 0.717) is 35.7 Å². The largest absolute Gasteiger partial charge is 0.369 e. The van der Waals surface area contributed by atoms with Gasteiger partial charge < -0.3 is 14.8 Å². The molecule has 1 heterocycles. The predicted molar refractivity (Wildman–Crippen MR) is 130 cm³/mol. The van der Waals surface area contributed by atoms with Crippen LogP contribution in [0.4, 0.5) is 11.4 Å². The van der Waals surface area contributed by atoms with Gasteiger partial charge in [-0.25, -0.2) is 0 Å². The first kappa shape index (κ1) is 24.7. The number of piperidine rings is 1. The third-order valence-corrected chi connectivity index (χ3v) is 6.30. The Labute approximate surface area is 206 Å². The molecule has 9 nitrogen and oxygen atoms in total. The van der Waals surface area contributed by atoms with Gasteiger partial charge in [-0.2, -0.15) is 0 Å². The van der Waals surface area contributed by atoms with E-state index in [1.54, 1.807) is 36.4 Å². The number of nitrogens with zero attached hydrogens (tertiary/aromatic N) is 2. The molecule has 1 aliphatic heterocycles. The molecule has 0 amide bonds. The quantitative estimate of drug-likeness (QED) is 0.321. The van der Waals surface area contributed by atoms with Crippen molar-refractivity contribution in [2.24, 2.45) is 0 Å². The summed E-state index contributed by atoms with van der Waals surface area (Å²) in [7, 11) is 0. The first-order valence-corrected chi connectivity index (χ1v) is 11.4. The van der Waals surface area contributed by atoms with Gasteiger partial charge >= 0.3 is 0 Å². The van der Waals surface area contributed by atoms with E-state index in [1.807, 2.05) is 12.1 Å². The summed E-state index contributed by atoms with van der Waals surface area (Å²) in [6.45, 7) is 1.46. The zero-order valence-electron chi connectivity index (χ0n) is 18.8. The summed E-state index contributed by atoms with van der Waals surface area (Å²) in [4.78, 5) is 21.5. The van der Waals surface area contributed by atoms with E-state index in [9.17, 15) is 20.2 Å². The van der Waals surface area contributed by atoms with Crippen LogP contribution in [0.3, 0.4) is 0 Å². The van der Waals surface area contributed by atoms with Crippen molar-refractivity contribution < 1.29 is 19.3 Å². The summed E-state index contributed by atoms with van der Waals surface area (Å²) in [5, 5.41) is 26.3. The topological polar surface area (TPSA) is 117 Å². The monoisotopic (exact) mass is 497 g/mol. The minimum absolute atomic E-state index is 0.00115. The maximum absolute atomic E-state index is 11.2. The fraction of sp³-hybridized carbons (Fsp3) is 0.280. The average molecular weight is 498 g/mol. The number of nitro groups is 2. The molecular weight excluding hydrogens is 474 g/mol. The second-order valence-electron chi connectivity index (χ2n) is 8.29. The van der Waals surface area contributed by atoms with Gasteiger partial charge in [0.25, 0.3) is 11.4 Å². The molecule has 1 fully saturated rings. The fourth-order valence-corrected chi connectivity index (χ4v) is 4.39. The summed E-state index contributed by atoms with van der Waals surface area (Å²) < 4.78 is 12.8. The first-order chi connectivity index (χ1) is 16.9. The smallest absolute Gasteiger partial charge is 0.269 e. The molecule has 0 radical (unpaired) electrons. The van der Waals surface area contributed by atoms with Crippen molar-refractivity contribution in [1.82, 2.24) is 5.32 Å². The number of hydrogen-bond donors (Lipinski definition) is 1. The lowest BCUT2D eigenvalue weighted by molar-refractivity contribution is -0.385. The SMILES string of the molecule is O=[N+]([O-])c1cccc(CO[C@H]2CNCC[C@]2(OCc2cccc([N+](=O)[O-])c2)c2ccc(Cl)cc2)c1. The third-order valence-electron chi connectivity index (χ3n) is 6.05. The number of nitro benzene ring substituents is 2. The van der Waals surface area contributed by atoms with E-state index in [-0.39, 0.29) is 24.6 Å². The van der Waals surface area contributed by atoms with Gasteiger partial charge in [0.15, 0.2) is 0 Å². The number of non-ortho nitro benzene ring substituents is 2. The van der Waals surface area contributed by atoms with E-state index >= 15 is 0 Å². The summed E-state index contributed by atoms with van der Waals surface area (Å²) in [6.07, 6.45) is 0.152. The van der Waals surface area contributed by atoms with Gasteiger partial charge in [-0.3, -0.25) is 20.2 Å². The maximum Gasteiger partial charge on any atom is 0.269 e. The van der Waals surface area contributed by atoms with E-state index in [1.165, 1.54) is 24.3 Å². The van der Waals surface area contributed by atoms with E-state index in [4.69, 9.17) is 21.1 Å². The number of rotatable bonds is 9. The summed E-state index contributed by atoms with van der Waals surface area (Å²) >= 11 is 6.13. The van der Waals surface area contributed by atoms with Crippen LogP contribution in [0.1, 0.15) is 23.1 Å². The Morgan fingerprint density at radius 3 is 2.11 bits per heavy atom. The molecule has 35 heavy (non-hydrogen) atoms. The Hall–Kier alpha value is -3.37. The van der Waals surface area contributed by atoms with Crippen LogP contribution in [0.2, 0.25) is 5.02 Å². The van der Waals surface area contributed by atoms with Crippen LogP contribution < -0.4 is 5.32 Å². The molecule has 0 bridgehead atoms. The number of ether oxygens (including phenoxy) is 2. The van der Waals surface area contributed by atoms with Gasteiger partial charge in [0.05, 0.1) is 23.1 Å². The normalized spacial score (nSPS) is 19.9. The van der Waals surface area contributed by atoms with Crippen LogP contribution in [0.25, 0.3) is 0 Å². The zero-order chi connectivity index (χ0) is 24.8. The van der Waals surface area contributed by atoms with Crippen molar-refractivity contribution in [3.8, 4) is 0 Å². The second-order valence-corrected chi connectivity index (χ2v) is 8.73. The number of halogens is 1. The Morgan fingerprint density at radius 1 is 0.914 bits per heavy atom. The maximum atomic E-state index is 11.2. The van der Waals surface area contributed by atoms with E-state index < -0.39 is 21.6 Å². The highest BCUT2D eigenvalue weighted by atomic mass is 35.5. The Bertz CT molecular complexity index is 1210. The minimum Gasteiger partial charge on any atom is -0.369 e. The van der Waals surface area contributed by atoms with Crippen LogP contribution >= 0.6 is 11.6 Å².